The van der Waals surface area contributed by atoms with Gasteiger partial charge >= 0.3 is 0 Å². The Bertz CT molecular complexity index is 778. The van der Waals surface area contributed by atoms with E-state index in [1.165, 1.54) is 12.1 Å². The molecule has 2 aromatic carbocycles. The Morgan fingerprint density at radius 1 is 1.00 bits per heavy atom. The number of halogens is 1. The second-order valence-corrected chi connectivity index (χ2v) is 7.12. The Morgan fingerprint density at radius 3 is 2.54 bits per heavy atom. The molecule has 28 heavy (non-hydrogen) atoms. The number of aliphatic hydroxyl groups is 1. The van der Waals surface area contributed by atoms with Crippen molar-refractivity contribution in [2.45, 2.75) is 12.7 Å². The molecule has 1 atom stereocenters. The number of benzene rings is 2. The molecule has 2 heterocycles. The predicted molar refractivity (Wildman–Crippen MR) is 103 cm³/mol. The van der Waals surface area contributed by atoms with E-state index in [1.54, 1.807) is 0 Å². The van der Waals surface area contributed by atoms with Crippen LogP contribution in [0, 0.1) is 5.82 Å². The van der Waals surface area contributed by atoms with Crippen molar-refractivity contribution in [1.82, 2.24) is 4.90 Å². The topological polar surface area (TPSA) is 54.4 Å². The maximum Gasteiger partial charge on any atom is 0.231 e. The molecule has 0 spiro atoms. The van der Waals surface area contributed by atoms with Gasteiger partial charge < -0.3 is 24.2 Å². The molecule has 6 nitrogen and oxygen atoms in total. The summed E-state index contributed by atoms with van der Waals surface area (Å²) in [4.78, 5) is 4.47. The highest BCUT2D eigenvalue weighted by molar-refractivity contribution is 5.46. The molecular weight excluding hydrogens is 363 g/mol. The molecule has 2 aromatic rings. The number of piperazine rings is 1. The second-order valence-electron chi connectivity index (χ2n) is 7.12. The zero-order valence-electron chi connectivity index (χ0n) is 15.7. The van der Waals surface area contributed by atoms with E-state index in [0.717, 1.165) is 48.9 Å². The SMILES string of the molecule is O[C@@H](COCc1ccc2c(c1)OCO2)CN1CCN(c2ccc(F)cc2)CC1. The zero-order chi connectivity index (χ0) is 19.3. The van der Waals surface area contributed by atoms with Gasteiger partial charge in [0, 0.05) is 38.4 Å². The van der Waals surface area contributed by atoms with Crippen LogP contribution in [0.2, 0.25) is 0 Å². The first kappa shape index (κ1) is 19.0. The van der Waals surface area contributed by atoms with Gasteiger partial charge in [-0.25, -0.2) is 4.39 Å². The number of anilines is 1. The first-order valence-corrected chi connectivity index (χ1v) is 9.54. The standard InChI is InChI=1S/C21H25FN2O4/c22-17-2-4-18(5-3-17)24-9-7-23(8-10-24)12-19(25)14-26-13-16-1-6-20-21(11-16)28-15-27-20/h1-6,11,19,25H,7-10,12-15H2/t19-/m1/s1. The van der Waals surface area contributed by atoms with Gasteiger partial charge in [0.15, 0.2) is 11.5 Å². The third kappa shape index (κ3) is 4.73. The van der Waals surface area contributed by atoms with Crippen LogP contribution >= 0.6 is 0 Å². The van der Waals surface area contributed by atoms with Crippen LogP contribution in [-0.4, -0.2) is 62.2 Å². The highest BCUT2D eigenvalue weighted by atomic mass is 19.1. The summed E-state index contributed by atoms with van der Waals surface area (Å²) in [6, 6.07) is 12.3. The van der Waals surface area contributed by atoms with Crippen LogP contribution in [0.5, 0.6) is 11.5 Å². The fourth-order valence-electron chi connectivity index (χ4n) is 3.53. The average Bonchev–Trinajstić information content (AvgIpc) is 3.17. The van der Waals surface area contributed by atoms with Crippen molar-refractivity contribution >= 4 is 5.69 Å². The first-order chi connectivity index (χ1) is 13.7. The van der Waals surface area contributed by atoms with Crippen molar-refractivity contribution in [3.63, 3.8) is 0 Å². The van der Waals surface area contributed by atoms with Crippen LogP contribution in [0.15, 0.2) is 42.5 Å². The largest absolute Gasteiger partial charge is 0.454 e. The van der Waals surface area contributed by atoms with E-state index in [2.05, 4.69) is 9.80 Å². The molecule has 4 rings (SSSR count). The maximum absolute atomic E-state index is 13.0. The summed E-state index contributed by atoms with van der Waals surface area (Å²) < 4.78 is 29.4. The Kier molecular flexibility index (Phi) is 5.95. The number of nitrogens with zero attached hydrogens (tertiary/aromatic N) is 2. The fraction of sp³-hybridized carbons (Fsp3) is 0.429. The number of ether oxygens (including phenoxy) is 3. The molecule has 0 bridgehead atoms. The number of β-amino-alcohol motifs (C(OH)–C–C–N with tert-alkyl or cyclic N) is 1. The van der Waals surface area contributed by atoms with Gasteiger partial charge in [-0.05, 0) is 42.0 Å². The van der Waals surface area contributed by atoms with Gasteiger partial charge in [-0.3, -0.25) is 4.90 Å². The maximum atomic E-state index is 13.0. The average molecular weight is 388 g/mol. The van der Waals surface area contributed by atoms with E-state index < -0.39 is 6.10 Å². The second kappa shape index (κ2) is 8.77. The minimum atomic E-state index is -0.536. The van der Waals surface area contributed by atoms with Crippen LogP contribution in [0.1, 0.15) is 5.56 Å². The van der Waals surface area contributed by atoms with Gasteiger partial charge in [0.2, 0.25) is 6.79 Å². The molecule has 7 heteroatoms. The summed E-state index contributed by atoms with van der Waals surface area (Å²) in [5, 5.41) is 10.3. The van der Waals surface area contributed by atoms with Gasteiger partial charge in [-0.2, -0.15) is 0 Å². The lowest BCUT2D eigenvalue weighted by molar-refractivity contribution is 0.00911. The molecule has 0 unspecified atom stereocenters. The fourth-order valence-corrected chi connectivity index (χ4v) is 3.53. The Morgan fingerprint density at radius 2 is 1.75 bits per heavy atom. The number of aliphatic hydroxyl groups excluding tert-OH is 1. The van der Waals surface area contributed by atoms with Gasteiger partial charge in [0.05, 0.1) is 19.3 Å². The van der Waals surface area contributed by atoms with Crippen LogP contribution in [0.25, 0.3) is 0 Å². The summed E-state index contributed by atoms with van der Waals surface area (Å²) in [6.45, 7) is 4.98. The Balaban J connectivity index is 1.16. The molecule has 2 aliphatic heterocycles. The Hall–Kier alpha value is -2.35. The smallest absolute Gasteiger partial charge is 0.231 e. The summed E-state index contributed by atoms with van der Waals surface area (Å²) in [7, 11) is 0. The van der Waals surface area contributed by atoms with Gasteiger partial charge in [0.1, 0.15) is 5.82 Å². The van der Waals surface area contributed by atoms with Gasteiger partial charge in [0.25, 0.3) is 0 Å². The third-order valence-electron chi connectivity index (χ3n) is 5.05. The van der Waals surface area contributed by atoms with E-state index in [-0.39, 0.29) is 19.2 Å². The summed E-state index contributed by atoms with van der Waals surface area (Å²) in [6.07, 6.45) is -0.536. The van der Waals surface area contributed by atoms with Crippen molar-refractivity contribution in [3.05, 3.63) is 53.8 Å². The van der Waals surface area contributed by atoms with Crippen molar-refractivity contribution in [3.8, 4) is 11.5 Å². The lowest BCUT2D eigenvalue weighted by Crippen LogP contribution is -2.49. The zero-order valence-corrected chi connectivity index (χ0v) is 15.7. The van der Waals surface area contributed by atoms with E-state index in [9.17, 15) is 9.50 Å². The van der Waals surface area contributed by atoms with Gasteiger partial charge in [-0.1, -0.05) is 6.07 Å². The number of hydrogen-bond acceptors (Lipinski definition) is 6. The number of hydrogen-bond donors (Lipinski definition) is 1. The van der Waals surface area contributed by atoms with Crippen LogP contribution in [0.4, 0.5) is 10.1 Å². The van der Waals surface area contributed by atoms with Crippen LogP contribution in [0.3, 0.4) is 0 Å². The van der Waals surface area contributed by atoms with E-state index in [4.69, 9.17) is 14.2 Å². The van der Waals surface area contributed by atoms with Crippen molar-refractivity contribution in [2.75, 3.05) is 51.0 Å². The predicted octanol–water partition coefficient (Wildman–Crippen LogP) is 2.25. The molecule has 0 aromatic heterocycles. The van der Waals surface area contributed by atoms with Crippen molar-refractivity contribution < 1.29 is 23.7 Å². The Labute approximate surface area is 164 Å². The van der Waals surface area contributed by atoms with Crippen molar-refractivity contribution in [2.24, 2.45) is 0 Å². The molecule has 2 aliphatic rings. The quantitative estimate of drug-likeness (QED) is 0.785. The molecule has 0 radical (unpaired) electrons. The summed E-state index contributed by atoms with van der Waals surface area (Å²) in [5.41, 5.74) is 2.03. The van der Waals surface area contributed by atoms with Gasteiger partial charge in [-0.15, -0.1) is 0 Å². The third-order valence-corrected chi connectivity index (χ3v) is 5.05. The lowest BCUT2D eigenvalue weighted by Gasteiger charge is -2.36. The normalized spacial score (nSPS) is 17.7. The molecule has 1 fully saturated rings. The monoisotopic (exact) mass is 388 g/mol. The summed E-state index contributed by atoms with van der Waals surface area (Å²) in [5.74, 6) is 1.27. The molecular formula is C21H25FN2O4. The lowest BCUT2D eigenvalue weighted by atomic mass is 10.2. The highest BCUT2D eigenvalue weighted by Crippen LogP contribution is 2.32. The van der Waals surface area contributed by atoms with E-state index >= 15 is 0 Å². The minimum Gasteiger partial charge on any atom is -0.454 e. The first-order valence-electron chi connectivity index (χ1n) is 9.54. The summed E-state index contributed by atoms with van der Waals surface area (Å²) >= 11 is 0. The highest BCUT2D eigenvalue weighted by Gasteiger charge is 2.20. The number of fused-ring (bicyclic) bond motifs is 1. The van der Waals surface area contributed by atoms with E-state index in [1.807, 2.05) is 30.3 Å². The molecule has 1 saturated heterocycles. The number of rotatable bonds is 7. The van der Waals surface area contributed by atoms with E-state index in [0.29, 0.717) is 13.2 Å². The molecule has 150 valence electrons. The van der Waals surface area contributed by atoms with Crippen LogP contribution < -0.4 is 14.4 Å². The molecule has 0 saturated carbocycles. The van der Waals surface area contributed by atoms with Crippen LogP contribution in [-0.2, 0) is 11.3 Å². The molecule has 1 N–H and O–H groups in total. The van der Waals surface area contributed by atoms with Crippen molar-refractivity contribution in [1.29, 1.82) is 0 Å². The molecule has 0 aliphatic carbocycles. The minimum absolute atomic E-state index is 0.216. The molecule has 0 amide bonds.